The van der Waals surface area contributed by atoms with Gasteiger partial charge in [-0.3, -0.25) is 4.98 Å². The van der Waals surface area contributed by atoms with E-state index >= 15 is 0 Å². The molecule has 1 aromatic heterocycles. The van der Waals surface area contributed by atoms with Crippen LogP contribution in [0.3, 0.4) is 0 Å². The Hall–Kier alpha value is -2.49. The number of rotatable bonds is 2. The number of hydrogen-bond acceptors (Lipinski definition) is 4. The van der Waals surface area contributed by atoms with Crippen LogP contribution in [0.1, 0.15) is 18.9 Å². The fourth-order valence-corrected chi connectivity index (χ4v) is 2.17. The van der Waals surface area contributed by atoms with Crippen LogP contribution in [0, 0.1) is 5.92 Å². The van der Waals surface area contributed by atoms with Gasteiger partial charge in [0, 0.05) is 18.0 Å². The predicted octanol–water partition coefficient (Wildman–Crippen LogP) is 2.90. The van der Waals surface area contributed by atoms with E-state index in [1.807, 2.05) is 24.3 Å². The summed E-state index contributed by atoms with van der Waals surface area (Å²) >= 11 is 0. The number of carbonyl (C=O) groups is 1. The van der Waals surface area contributed by atoms with Crippen molar-refractivity contribution in [2.75, 3.05) is 0 Å². The summed E-state index contributed by atoms with van der Waals surface area (Å²) in [6.45, 7) is 2.12. The number of esters is 1. The van der Waals surface area contributed by atoms with E-state index in [0.29, 0.717) is 17.5 Å². The molecular weight excluding hydrogens is 252 g/mol. The van der Waals surface area contributed by atoms with Gasteiger partial charge in [-0.1, -0.05) is 31.2 Å². The third-order valence-corrected chi connectivity index (χ3v) is 3.16. The summed E-state index contributed by atoms with van der Waals surface area (Å²) in [5.74, 6) is 0.441. The molecule has 0 bridgehead atoms. The van der Waals surface area contributed by atoms with Crippen molar-refractivity contribution >= 4 is 17.9 Å². The Morgan fingerprint density at radius 2 is 2.35 bits per heavy atom. The van der Waals surface area contributed by atoms with Gasteiger partial charge < -0.3 is 4.74 Å². The molecule has 0 saturated heterocycles. The molecule has 2 aliphatic rings. The molecule has 0 radical (unpaired) electrons. The van der Waals surface area contributed by atoms with Crippen LogP contribution in [0.5, 0.6) is 0 Å². The van der Waals surface area contributed by atoms with E-state index in [1.54, 1.807) is 18.5 Å². The summed E-state index contributed by atoms with van der Waals surface area (Å²) in [6, 6.07) is 3.68. The van der Waals surface area contributed by atoms with Crippen molar-refractivity contribution in [1.29, 1.82) is 0 Å². The fourth-order valence-electron chi connectivity index (χ4n) is 2.17. The minimum atomic E-state index is -0.410. The minimum Gasteiger partial charge on any atom is -0.402 e. The third kappa shape index (κ3) is 2.59. The van der Waals surface area contributed by atoms with E-state index in [9.17, 15) is 4.79 Å². The molecule has 0 aromatic carbocycles. The molecular formula is C16H14N2O2. The number of aromatic nitrogens is 1. The monoisotopic (exact) mass is 266 g/mol. The Balaban J connectivity index is 1.88. The summed E-state index contributed by atoms with van der Waals surface area (Å²) in [5, 5.41) is 0. The molecule has 0 saturated carbocycles. The van der Waals surface area contributed by atoms with Gasteiger partial charge in [-0.15, -0.1) is 0 Å². The number of allylic oxidation sites excluding steroid dienone is 3. The smallest absolute Gasteiger partial charge is 0.363 e. The molecule has 0 N–H and O–H groups in total. The van der Waals surface area contributed by atoms with Gasteiger partial charge in [0.2, 0.25) is 5.90 Å². The van der Waals surface area contributed by atoms with Gasteiger partial charge in [0.1, 0.15) is 0 Å². The van der Waals surface area contributed by atoms with E-state index in [2.05, 4.69) is 23.0 Å². The topological polar surface area (TPSA) is 51.5 Å². The van der Waals surface area contributed by atoms with Gasteiger partial charge in [-0.25, -0.2) is 9.79 Å². The number of cyclic esters (lactones) is 1. The van der Waals surface area contributed by atoms with Crippen LogP contribution >= 0.6 is 0 Å². The molecule has 1 aliphatic carbocycles. The van der Waals surface area contributed by atoms with Crippen LogP contribution in [0.2, 0.25) is 0 Å². The van der Waals surface area contributed by atoms with Crippen molar-refractivity contribution < 1.29 is 9.53 Å². The van der Waals surface area contributed by atoms with Crippen molar-refractivity contribution in [2.24, 2.45) is 10.9 Å². The number of aliphatic imine (C=N–C) groups is 1. The number of hydrogen-bond donors (Lipinski definition) is 0. The zero-order valence-corrected chi connectivity index (χ0v) is 11.1. The lowest BCUT2D eigenvalue weighted by Gasteiger charge is -2.12. The molecule has 20 heavy (non-hydrogen) atoms. The first-order chi connectivity index (χ1) is 9.72. The first-order valence-corrected chi connectivity index (χ1v) is 6.53. The highest BCUT2D eigenvalue weighted by atomic mass is 16.6. The van der Waals surface area contributed by atoms with Gasteiger partial charge in [0.25, 0.3) is 0 Å². The second kappa shape index (κ2) is 5.25. The molecule has 2 heterocycles. The molecule has 0 fully saturated rings. The van der Waals surface area contributed by atoms with Crippen LogP contribution in [0.25, 0.3) is 6.08 Å². The highest BCUT2D eigenvalue weighted by Crippen LogP contribution is 2.25. The number of carbonyl (C=O) groups excluding carboxylic acids is 1. The summed E-state index contributed by atoms with van der Waals surface area (Å²) < 4.78 is 5.25. The highest BCUT2D eigenvalue weighted by molar-refractivity contribution is 6.12. The molecule has 4 nitrogen and oxygen atoms in total. The zero-order chi connectivity index (χ0) is 13.9. The van der Waals surface area contributed by atoms with Crippen LogP contribution < -0.4 is 0 Å². The second-order valence-corrected chi connectivity index (χ2v) is 4.88. The average Bonchev–Trinajstić information content (AvgIpc) is 2.81. The van der Waals surface area contributed by atoms with Crippen molar-refractivity contribution in [3.05, 3.63) is 59.6 Å². The van der Waals surface area contributed by atoms with Crippen LogP contribution in [0.15, 0.2) is 59.0 Å². The highest BCUT2D eigenvalue weighted by Gasteiger charge is 2.26. The second-order valence-electron chi connectivity index (χ2n) is 4.88. The van der Waals surface area contributed by atoms with Gasteiger partial charge in [-0.2, -0.15) is 0 Å². The van der Waals surface area contributed by atoms with Crippen LogP contribution in [0.4, 0.5) is 0 Å². The van der Waals surface area contributed by atoms with E-state index in [1.165, 1.54) is 0 Å². The van der Waals surface area contributed by atoms with Crippen molar-refractivity contribution in [3.63, 3.8) is 0 Å². The molecule has 1 aromatic rings. The van der Waals surface area contributed by atoms with Gasteiger partial charge in [0.05, 0.1) is 0 Å². The van der Waals surface area contributed by atoms with Gasteiger partial charge in [-0.05, 0) is 30.0 Å². The van der Waals surface area contributed by atoms with Crippen molar-refractivity contribution in [2.45, 2.75) is 13.3 Å². The Morgan fingerprint density at radius 1 is 1.45 bits per heavy atom. The lowest BCUT2D eigenvalue weighted by Crippen LogP contribution is -2.10. The van der Waals surface area contributed by atoms with E-state index in [4.69, 9.17) is 4.74 Å². The third-order valence-electron chi connectivity index (χ3n) is 3.16. The Labute approximate surface area is 117 Å². The standard InChI is InChI=1S/C16H14N2O2/c1-11-4-2-6-13(8-11)15-18-14(16(19)20-15)9-12-5-3-7-17-10-12/h2-7,9-11H,8H2,1H3/b14-9-. The van der Waals surface area contributed by atoms with Crippen molar-refractivity contribution in [3.8, 4) is 0 Å². The largest absolute Gasteiger partial charge is 0.402 e. The Morgan fingerprint density at radius 3 is 3.10 bits per heavy atom. The molecule has 1 atom stereocenters. The Bertz CT molecular complexity index is 654. The summed E-state index contributed by atoms with van der Waals surface area (Å²) in [6.07, 6.45) is 11.9. The molecule has 1 unspecified atom stereocenters. The fraction of sp³-hybridized carbons (Fsp3) is 0.188. The number of pyridine rings is 1. The predicted molar refractivity (Wildman–Crippen MR) is 76.7 cm³/mol. The molecule has 100 valence electrons. The first kappa shape index (κ1) is 12.5. The van der Waals surface area contributed by atoms with E-state index in [-0.39, 0.29) is 0 Å². The summed E-state index contributed by atoms with van der Waals surface area (Å²) in [7, 11) is 0. The minimum absolute atomic E-state index is 0.316. The lowest BCUT2D eigenvalue weighted by molar-refractivity contribution is -0.129. The molecule has 3 rings (SSSR count). The zero-order valence-electron chi connectivity index (χ0n) is 11.1. The molecule has 0 amide bonds. The maximum atomic E-state index is 11.8. The molecule has 0 spiro atoms. The van der Waals surface area contributed by atoms with Gasteiger partial charge in [0.15, 0.2) is 5.70 Å². The number of ether oxygens (including phenoxy) is 1. The van der Waals surface area contributed by atoms with E-state index < -0.39 is 5.97 Å². The maximum Gasteiger partial charge on any atom is 0.363 e. The Kier molecular flexibility index (Phi) is 3.29. The first-order valence-electron chi connectivity index (χ1n) is 6.53. The normalized spacial score (nSPS) is 23.6. The number of nitrogens with zero attached hydrogens (tertiary/aromatic N) is 2. The van der Waals surface area contributed by atoms with Gasteiger partial charge >= 0.3 is 5.97 Å². The SMILES string of the molecule is CC1C=CC=C(C2=N/C(=C\c3cccnc3)C(=O)O2)C1. The van der Waals surface area contributed by atoms with E-state index in [0.717, 1.165) is 17.6 Å². The summed E-state index contributed by atoms with van der Waals surface area (Å²) in [4.78, 5) is 20.1. The van der Waals surface area contributed by atoms with Crippen LogP contribution in [-0.4, -0.2) is 16.9 Å². The quantitative estimate of drug-likeness (QED) is 0.611. The maximum absolute atomic E-state index is 11.8. The van der Waals surface area contributed by atoms with Crippen molar-refractivity contribution in [1.82, 2.24) is 4.98 Å². The summed E-state index contributed by atoms with van der Waals surface area (Å²) in [5.41, 5.74) is 2.11. The lowest BCUT2D eigenvalue weighted by atomic mass is 9.96. The van der Waals surface area contributed by atoms with Crippen LogP contribution in [-0.2, 0) is 9.53 Å². The molecule has 1 aliphatic heterocycles. The average molecular weight is 266 g/mol. The molecule has 4 heteroatoms.